The highest BCUT2D eigenvalue weighted by Gasteiger charge is 2.30. The van der Waals surface area contributed by atoms with Gasteiger partial charge in [0.25, 0.3) is 0 Å². The molecule has 0 fully saturated rings. The summed E-state index contributed by atoms with van der Waals surface area (Å²) in [6, 6.07) is 0.301. The van der Waals surface area contributed by atoms with Gasteiger partial charge in [-0.2, -0.15) is 0 Å². The Kier molecular flexibility index (Phi) is 5.48. The molecule has 0 aromatic rings. The Morgan fingerprint density at radius 3 is 2.15 bits per heavy atom. The lowest BCUT2D eigenvalue weighted by Crippen LogP contribution is -2.55. The molecule has 0 aromatic heterocycles. The average molecular weight is 188 g/mol. The molecule has 0 amide bonds. The van der Waals surface area contributed by atoms with E-state index in [2.05, 4.69) is 19.2 Å². The van der Waals surface area contributed by atoms with Gasteiger partial charge in [0.2, 0.25) is 0 Å². The van der Waals surface area contributed by atoms with Crippen LogP contribution < -0.4 is 22.5 Å². The molecule has 0 aromatic carbocycles. The SMILES string of the molecule is CNC(CCN)C(N)C(C)(C)CN. The summed E-state index contributed by atoms with van der Waals surface area (Å²) >= 11 is 0. The summed E-state index contributed by atoms with van der Waals surface area (Å²) in [5.41, 5.74) is 17.2. The Morgan fingerprint density at radius 1 is 1.31 bits per heavy atom. The van der Waals surface area contributed by atoms with Crippen molar-refractivity contribution in [2.75, 3.05) is 20.1 Å². The molecule has 0 saturated heterocycles. The third kappa shape index (κ3) is 3.60. The van der Waals surface area contributed by atoms with Gasteiger partial charge in [-0.3, -0.25) is 0 Å². The Labute approximate surface area is 81.2 Å². The van der Waals surface area contributed by atoms with Gasteiger partial charge >= 0.3 is 0 Å². The van der Waals surface area contributed by atoms with Crippen LogP contribution in [0.15, 0.2) is 0 Å². The summed E-state index contributed by atoms with van der Waals surface area (Å²) < 4.78 is 0. The average Bonchev–Trinajstić information content (AvgIpc) is 2.13. The molecular weight excluding hydrogens is 164 g/mol. The first-order valence-electron chi connectivity index (χ1n) is 4.82. The molecule has 0 bridgehead atoms. The lowest BCUT2D eigenvalue weighted by Gasteiger charge is -2.36. The highest BCUT2D eigenvalue weighted by molar-refractivity contribution is 4.90. The van der Waals surface area contributed by atoms with Crippen molar-refractivity contribution < 1.29 is 0 Å². The number of nitrogens with two attached hydrogens (primary N) is 3. The van der Waals surface area contributed by atoms with Crippen LogP contribution in [0.4, 0.5) is 0 Å². The molecule has 0 spiro atoms. The van der Waals surface area contributed by atoms with Gasteiger partial charge in [0.1, 0.15) is 0 Å². The molecule has 0 radical (unpaired) electrons. The van der Waals surface area contributed by atoms with Crippen molar-refractivity contribution >= 4 is 0 Å². The van der Waals surface area contributed by atoms with E-state index in [0.717, 1.165) is 6.42 Å². The number of rotatable bonds is 6. The van der Waals surface area contributed by atoms with Crippen molar-refractivity contribution in [3.63, 3.8) is 0 Å². The molecule has 2 atom stereocenters. The summed E-state index contributed by atoms with van der Waals surface area (Å²) in [5, 5.41) is 3.18. The smallest absolute Gasteiger partial charge is 0.0258 e. The zero-order chi connectivity index (χ0) is 10.5. The molecule has 80 valence electrons. The zero-order valence-corrected chi connectivity index (χ0v) is 9.01. The van der Waals surface area contributed by atoms with Crippen molar-refractivity contribution in [3.05, 3.63) is 0 Å². The van der Waals surface area contributed by atoms with Gasteiger partial charge in [0, 0.05) is 12.1 Å². The first-order valence-corrected chi connectivity index (χ1v) is 4.82. The minimum Gasteiger partial charge on any atom is -0.330 e. The third-order valence-electron chi connectivity index (χ3n) is 2.71. The van der Waals surface area contributed by atoms with Gasteiger partial charge in [0.05, 0.1) is 0 Å². The van der Waals surface area contributed by atoms with Crippen molar-refractivity contribution in [1.29, 1.82) is 0 Å². The maximum absolute atomic E-state index is 6.10. The number of likely N-dealkylation sites (N-methyl/N-ethyl adjacent to an activating group) is 1. The molecule has 4 heteroatoms. The van der Waals surface area contributed by atoms with Gasteiger partial charge in [-0.15, -0.1) is 0 Å². The largest absolute Gasteiger partial charge is 0.330 e. The van der Waals surface area contributed by atoms with Crippen LogP contribution in [-0.2, 0) is 0 Å². The number of hydrogen-bond donors (Lipinski definition) is 4. The molecule has 4 nitrogen and oxygen atoms in total. The van der Waals surface area contributed by atoms with E-state index in [4.69, 9.17) is 17.2 Å². The fourth-order valence-electron chi connectivity index (χ4n) is 1.36. The fraction of sp³-hybridized carbons (Fsp3) is 1.00. The predicted octanol–water partition coefficient (Wildman–Crippen LogP) is -0.765. The van der Waals surface area contributed by atoms with E-state index < -0.39 is 0 Å². The minimum absolute atomic E-state index is 0.0388. The van der Waals surface area contributed by atoms with E-state index >= 15 is 0 Å². The number of hydrogen-bond acceptors (Lipinski definition) is 4. The van der Waals surface area contributed by atoms with Crippen molar-refractivity contribution in [1.82, 2.24) is 5.32 Å². The first kappa shape index (κ1) is 12.8. The second-order valence-corrected chi connectivity index (χ2v) is 4.19. The summed E-state index contributed by atoms with van der Waals surface area (Å²) in [6.07, 6.45) is 0.890. The highest BCUT2D eigenvalue weighted by atomic mass is 14.9. The summed E-state index contributed by atoms with van der Waals surface area (Å²) in [5.74, 6) is 0. The van der Waals surface area contributed by atoms with Crippen LogP contribution in [0, 0.1) is 5.41 Å². The van der Waals surface area contributed by atoms with Crippen LogP contribution in [0.3, 0.4) is 0 Å². The van der Waals surface area contributed by atoms with Gasteiger partial charge in [-0.05, 0) is 32.0 Å². The van der Waals surface area contributed by atoms with E-state index in [-0.39, 0.29) is 17.5 Å². The number of nitrogens with one attached hydrogen (secondary N) is 1. The summed E-state index contributed by atoms with van der Waals surface area (Å²) in [4.78, 5) is 0. The van der Waals surface area contributed by atoms with Gasteiger partial charge < -0.3 is 22.5 Å². The van der Waals surface area contributed by atoms with Crippen LogP contribution in [0.1, 0.15) is 20.3 Å². The van der Waals surface area contributed by atoms with Crippen molar-refractivity contribution in [2.24, 2.45) is 22.6 Å². The Morgan fingerprint density at radius 2 is 1.85 bits per heavy atom. The Hall–Kier alpha value is -0.160. The predicted molar refractivity (Wildman–Crippen MR) is 57.3 cm³/mol. The summed E-state index contributed by atoms with van der Waals surface area (Å²) in [7, 11) is 1.91. The molecule has 0 heterocycles. The second kappa shape index (κ2) is 5.54. The van der Waals surface area contributed by atoms with E-state index in [1.807, 2.05) is 7.05 Å². The molecule has 0 aliphatic carbocycles. The monoisotopic (exact) mass is 188 g/mol. The van der Waals surface area contributed by atoms with Crippen molar-refractivity contribution in [2.45, 2.75) is 32.4 Å². The van der Waals surface area contributed by atoms with E-state index in [0.29, 0.717) is 13.1 Å². The summed E-state index contributed by atoms with van der Waals surface area (Å²) in [6.45, 7) is 5.41. The molecule has 0 rings (SSSR count). The van der Waals surface area contributed by atoms with Crippen LogP contribution in [-0.4, -0.2) is 32.2 Å². The fourth-order valence-corrected chi connectivity index (χ4v) is 1.36. The van der Waals surface area contributed by atoms with Gasteiger partial charge in [0.15, 0.2) is 0 Å². The van der Waals surface area contributed by atoms with Crippen LogP contribution in [0.25, 0.3) is 0 Å². The van der Waals surface area contributed by atoms with E-state index in [1.165, 1.54) is 0 Å². The normalized spacial score (nSPS) is 17.1. The lowest BCUT2D eigenvalue weighted by atomic mass is 9.80. The van der Waals surface area contributed by atoms with Gasteiger partial charge in [-0.25, -0.2) is 0 Å². The first-order chi connectivity index (χ1) is 5.99. The third-order valence-corrected chi connectivity index (χ3v) is 2.71. The Bertz CT molecular complexity index is 136. The molecule has 0 saturated carbocycles. The quantitative estimate of drug-likeness (QED) is 0.441. The Balaban J connectivity index is 4.26. The molecule has 2 unspecified atom stereocenters. The maximum Gasteiger partial charge on any atom is 0.0258 e. The molecule has 13 heavy (non-hydrogen) atoms. The highest BCUT2D eigenvalue weighted by Crippen LogP contribution is 2.20. The van der Waals surface area contributed by atoms with Crippen LogP contribution in [0.2, 0.25) is 0 Å². The minimum atomic E-state index is -0.0388. The van der Waals surface area contributed by atoms with Crippen LogP contribution in [0.5, 0.6) is 0 Å². The molecular formula is C9H24N4. The van der Waals surface area contributed by atoms with E-state index in [9.17, 15) is 0 Å². The van der Waals surface area contributed by atoms with E-state index in [1.54, 1.807) is 0 Å². The molecule has 7 N–H and O–H groups in total. The lowest BCUT2D eigenvalue weighted by molar-refractivity contribution is 0.238. The topological polar surface area (TPSA) is 90.1 Å². The zero-order valence-electron chi connectivity index (χ0n) is 9.01. The molecule has 0 aliphatic heterocycles. The second-order valence-electron chi connectivity index (χ2n) is 4.19. The maximum atomic E-state index is 6.10. The van der Waals surface area contributed by atoms with Gasteiger partial charge in [-0.1, -0.05) is 13.8 Å². The standard InChI is InChI=1S/C9H24N4/c1-9(2,6-11)8(12)7(13-3)4-5-10/h7-8,13H,4-6,10-12H2,1-3H3. The van der Waals surface area contributed by atoms with Crippen LogP contribution >= 0.6 is 0 Å². The molecule has 0 aliphatic rings. The van der Waals surface area contributed by atoms with Crippen molar-refractivity contribution in [3.8, 4) is 0 Å².